The Morgan fingerprint density at radius 1 is 0.405 bits per heavy atom. The third-order valence-corrected chi connectivity index (χ3v) is 5.15. The summed E-state index contributed by atoms with van der Waals surface area (Å²) in [7, 11) is 0. The Labute approximate surface area is 230 Å². The third-order valence-electron chi connectivity index (χ3n) is 5.15. The van der Waals surface area contributed by atoms with Crippen LogP contribution in [0.2, 0.25) is 0 Å². The van der Waals surface area contributed by atoms with E-state index < -0.39 is 23.9 Å². The molecule has 37 heavy (non-hydrogen) atoms. The van der Waals surface area contributed by atoms with Crippen molar-refractivity contribution in [3.05, 3.63) is 119 Å². The second-order valence-electron chi connectivity index (χ2n) is 7.34. The molecule has 4 aromatic rings. The Morgan fingerprint density at radius 2 is 0.730 bits per heavy atom. The Morgan fingerprint density at radius 3 is 1.00 bits per heavy atom. The minimum atomic E-state index is -1.54. The molecule has 0 amide bonds. The summed E-state index contributed by atoms with van der Waals surface area (Å²) in [5, 5.41) is 44.1. The molecule has 0 saturated carbocycles. The summed E-state index contributed by atoms with van der Waals surface area (Å²) >= 11 is 0. The second kappa shape index (κ2) is 13.1. The number of hydrogen-bond donors (Lipinski definition) is 0. The largest absolute Gasteiger partial charge is 4.00 e. The van der Waals surface area contributed by atoms with Crippen molar-refractivity contribution in [2.24, 2.45) is 0 Å². The predicted molar refractivity (Wildman–Crippen MR) is 121 cm³/mol. The first-order chi connectivity index (χ1) is 17.2. The monoisotopic (exact) mass is 570 g/mol. The van der Waals surface area contributed by atoms with Gasteiger partial charge < -0.3 is 39.6 Å². The van der Waals surface area contributed by atoms with Crippen molar-refractivity contribution < 1.29 is 65.8 Å². The number of hydrogen-bond acceptors (Lipinski definition) is 8. The van der Waals surface area contributed by atoms with Crippen LogP contribution in [0, 0.1) is 0 Å². The Hall–Kier alpha value is -4.36. The average molecular weight is 572 g/mol. The van der Waals surface area contributed by atoms with E-state index in [-0.39, 0.29) is 48.5 Å². The molecule has 4 aromatic carbocycles. The standard InChI is InChI=1S/2C14H10O4.Zr/c2*15-13(16)11-8-4-7-10(12(11)14(17)18)9-5-2-1-3-6-9;/h2*1-8H,(H,15,16)(H,17,18);/q;;+4/p-4. The van der Waals surface area contributed by atoms with E-state index >= 15 is 0 Å². The molecule has 0 aliphatic rings. The molecule has 0 fully saturated rings. The topological polar surface area (TPSA) is 161 Å². The predicted octanol–water partition coefficient (Wildman–Crippen LogP) is 0.159. The van der Waals surface area contributed by atoms with E-state index in [4.69, 9.17) is 0 Å². The van der Waals surface area contributed by atoms with Gasteiger partial charge >= 0.3 is 26.2 Å². The van der Waals surface area contributed by atoms with Crippen LogP contribution in [0.1, 0.15) is 41.4 Å². The molecule has 0 radical (unpaired) electrons. The minimum absolute atomic E-state index is 0. The molecule has 0 spiro atoms. The van der Waals surface area contributed by atoms with Gasteiger partial charge in [-0.1, -0.05) is 97.1 Å². The van der Waals surface area contributed by atoms with Gasteiger partial charge in [0.1, 0.15) is 0 Å². The van der Waals surface area contributed by atoms with Crippen LogP contribution in [0.15, 0.2) is 97.1 Å². The Bertz CT molecular complexity index is 1320. The number of carbonyl (C=O) groups is 4. The zero-order chi connectivity index (χ0) is 26.2. The normalized spacial score (nSPS) is 9.73. The first-order valence-corrected chi connectivity index (χ1v) is 10.4. The number of benzene rings is 4. The summed E-state index contributed by atoms with van der Waals surface area (Å²) in [4.78, 5) is 44.1. The first kappa shape index (κ1) is 28.9. The van der Waals surface area contributed by atoms with Gasteiger partial charge in [0.05, 0.1) is 23.9 Å². The smallest absolute Gasteiger partial charge is 0.545 e. The molecule has 0 bridgehead atoms. The Balaban J connectivity index is 0.000000253. The third kappa shape index (κ3) is 6.86. The molecule has 0 saturated heterocycles. The molecule has 0 unspecified atom stereocenters. The maximum atomic E-state index is 11.1. The van der Waals surface area contributed by atoms with Gasteiger partial charge in [-0.05, 0) is 22.3 Å². The second-order valence-corrected chi connectivity index (χ2v) is 7.34. The van der Waals surface area contributed by atoms with Gasteiger partial charge in [0.25, 0.3) is 0 Å². The van der Waals surface area contributed by atoms with Gasteiger partial charge in [0.2, 0.25) is 0 Å². The Kier molecular flexibility index (Phi) is 10.2. The summed E-state index contributed by atoms with van der Waals surface area (Å²) in [6.07, 6.45) is 0. The number of carbonyl (C=O) groups excluding carboxylic acids is 4. The van der Waals surface area contributed by atoms with Crippen LogP contribution in [0.5, 0.6) is 0 Å². The van der Waals surface area contributed by atoms with Gasteiger partial charge in [0, 0.05) is 22.3 Å². The van der Waals surface area contributed by atoms with E-state index in [0.29, 0.717) is 22.3 Å². The van der Waals surface area contributed by atoms with Crippen LogP contribution < -0.4 is 20.4 Å². The molecule has 0 heterocycles. The van der Waals surface area contributed by atoms with Gasteiger partial charge in [-0.2, -0.15) is 0 Å². The maximum absolute atomic E-state index is 11.1. The molecule has 8 nitrogen and oxygen atoms in total. The van der Waals surface area contributed by atoms with Crippen molar-refractivity contribution in [2.75, 3.05) is 0 Å². The van der Waals surface area contributed by atoms with Gasteiger partial charge in [-0.25, -0.2) is 0 Å². The summed E-state index contributed by atoms with van der Waals surface area (Å²) in [5.74, 6) is -6.14. The summed E-state index contributed by atoms with van der Waals surface area (Å²) in [5.41, 5.74) is 0.356. The van der Waals surface area contributed by atoms with Gasteiger partial charge in [0.15, 0.2) is 0 Å². The van der Waals surface area contributed by atoms with Crippen molar-refractivity contribution in [1.29, 1.82) is 0 Å². The van der Waals surface area contributed by atoms with E-state index in [1.54, 1.807) is 60.7 Å². The molecular formula is C28H16O8Zr. The maximum Gasteiger partial charge on any atom is 4.00 e. The van der Waals surface area contributed by atoms with Gasteiger partial charge in [-0.15, -0.1) is 0 Å². The molecule has 4 rings (SSSR count). The fourth-order valence-electron chi connectivity index (χ4n) is 3.60. The number of carboxylic acids is 4. The molecule has 9 heteroatoms. The molecule has 0 N–H and O–H groups in total. The van der Waals surface area contributed by atoms with E-state index in [2.05, 4.69) is 0 Å². The van der Waals surface area contributed by atoms with Crippen LogP contribution in [0.25, 0.3) is 22.3 Å². The summed E-state index contributed by atoms with van der Waals surface area (Å²) < 4.78 is 0. The van der Waals surface area contributed by atoms with Crippen molar-refractivity contribution in [1.82, 2.24) is 0 Å². The van der Waals surface area contributed by atoms with Crippen molar-refractivity contribution in [2.45, 2.75) is 0 Å². The van der Waals surface area contributed by atoms with E-state index in [9.17, 15) is 39.6 Å². The molecule has 180 valence electrons. The van der Waals surface area contributed by atoms with Crippen molar-refractivity contribution in [3.8, 4) is 22.3 Å². The van der Waals surface area contributed by atoms with E-state index in [1.165, 1.54) is 36.4 Å². The van der Waals surface area contributed by atoms with Gasteiger partial charge in [-0.3, -0.25) is 0 Å². The zero-order valence-electron chi connectivity index (χ0n) is 19.0. The molecule has 0 aromatic heterocycles. The number of rotatable bonds is 6. The fourth-order valence-corrected chi connectivity index (χ4v) is 3.60. The molecule has 0 aliphatic carbocycles. The van der Waals surface area contributed by atoms with Crippen LogP contribution in [0.3, 0.4) is 0 Å². The van der Waals surface area contributed by atoms with Crippen LogP contribution in [-0.2, 0) is 26.2 Å². The van der Waals surface area contributed by atoms with E-state index in [1.807, 2.05) is 0 Å². The minimum Gasteiger partial charge on any atom is -0.545 e. The molecule has 0 atom stereocenters. The number of carboxylic acid groups (broad SMARTS) is 4. The van der Waals surface area contributed by atoms with Crippen LogP contribution in [0.4, 0.5) is 0 Å². The van der Waals surface area contributed by atoms with Crippen LogP contribution >= 0.6 is 0 Å². The summed E-state index contributed by atoms with van der Waals surface area (Å²) in [6.45, 7) is 0. The van der Waals surface area contributed by atoms with E-state index in [0.717, 1.165) is 0 Å². The van der Waals surface area contributed by atoms with Crippen molar-refractivity contribution >= 4 is 23.9 Å². The summed E-state index contributed by atoms with van der Waals surface area (Å²) in [6, 6.07) is 25.7. The van der Waals surface area contributed by atoms with Crippen LogP contribution in [-0.4, -0.2) is 23.9 Å². The first-order valence-electron chi connectivity index (χ1n) is 10.4. The zero-order valence-corrected chi connectivity index (χ0v) is 21.5. The molecular weight excluding hydrogens is 556 g/mol. The molecule has 0 aliphatic heterocycles. The average Bonchev–Trinajstić information content (AvgIpc) is 2.89. The fraction of sp³-hybridized carbons (Fsp3) is 0. The number of aromatic carboxylic acids is 4. The SMILES string of the molecule is O=C([O-])c1cccc(-c2ccccc2)c1C(=O)[O-].O=C([O-])c1cccc(-c2ccccc2)c1C(=O)[O-].[Zr+4]. The quantitative estimate of drug-likeness (QED) is 0.316. The van der Waals surface area contributed by atoms with Crippen molar-refractivity contribution in [3.63, 3.8) is 0 Å².